The number of carbonyl (C=O) groups excluding carboxylic acids is 1. The summed E-state index contributed by atoms with van der Waals surface area (Å²) in [6.45, 7) is 17.4. The molecule has 2 aliphatic carbocycles. The molecule has 1 fully saturated rings. The van der Waals surface area contributed by atoms with E-state index in [1.54, 1.807) is 6.08 Å². The number of nitrogens with zero attached hydrogens (tertiary/aromatic N) is 2. The summed E-state index contributed by atoms with van der Waals surface area (Å²) in [4.78, 5) is 23.8. The van der Waals surface area contributed by atoms with Crippen LogP contribution in [-0.2, 0) is 20.9 Å². The Morgan fingerprint density at radius 1 is 0.829 bits per heavy atom. The summed E-state index contributed by atoms with van der Waals surface area (Å²) >= 11 is 0. The predicted octanol–water partition coefficient (Wildman–Crippen LogP) is 13.2. The minimum Gasteiger partial charge on any atom is -0.459 e. The lowest BCUT2D eigenvalue weighted by atomic mass is 9.55. The smallest absolute Gasteiger partial charge is 0.239 e. The summed E-state index contributed by atoms with van der Waals surface area (Å²) in [7, 11) is 0. The van der Waals surface area contributed by atoms with Crippen LogP contribution in [0, 0.1) is 31.6 Å². The zero-order chi connectivity index (χ0) is 49.7. The molecule has 382 valence electrons. The topological polar surface area (TPSA) is 129 Å². The maximum absolute atomic E-state index is 15.4. The van der Waals surface area contributed by atoms with Gasteiger partial charge in [0.05, 0.1) is 18.2 Å². The van der Waals surface area contributed by atoms with Gasteiger partial charge in [-0.15, -0.1) is 6.58 Å². The van der Waals surface area contributed by atoms with E-state index in [1.807, 2.05) is 62.1 Å². The van der Waals surface area contributed by atoms with Gasteiger partial charge in [-0.2, -0.15) is 0 Å². The van der Waals surface area contributed by atoms with E-state index in [-0.39, 0.29) is 56.8 Å². The van der Waals surface area contributed by atoms with Crippen LogP contribution in [0.5, 0.6) is 28.7 Å². The van der Waals surface area contributed by atoms with Crippen LogP contribution >= 0.6 is 0 Å². The maximum Gasteiger partial charge on any atom is 0.239 e. The van der Waals surface area contributed by atoms with Crippen molar-refractivity contribution in [2.75, 3.05) is 26.6 Å². The van der Waals surface area contributed by atoms with Crippen molar-refractivity contribution in [1.29, 1.82) is 0 Å². The fourth-order valence-corrected chi connectivity index (χ4v) is 11.2. The largest absolute Gasteiger partial charge is 0.459 e. The number of fused-ring (bicyclic) bond motifs is 3. The van der Waals surface area contributed by atoms with Crippen molar-refractivity contribution in [2.24, 2.45) is 22.9 Å². The summed E-state index contributed by atoms with van der Waals surface area (Å²) in [5, 5.41) is 25.2. The molecule has 1 amide bonds. The Labute approximate surface area is 418 Å². The number of hydrogen-bond donors (Lipinski definition) is 2. The highest BCUT2D eigenvalue weighted by Gasteiger charge is 2.65. The van der Waals surface area contributed by atoms with Crippen LogP contribution in [0.25, 0.3) is 0 Å². The molecular formula is C59H82N2O9. The molecule has 2 N–H and O–H groups in total. The second kappa shape index (κ2) is 25.0. The van der Waals surface area contributed by atoms with Crippen LogP contribution in [0.4, 0.5) is 0 Å². The Hall–Kier alpha value is -4.84. The van der Waals surface area contributed by atoms with Gasteiger partial charge in [-0.3, -0.25) is 4.79 Å². The fourth-order valence-electron chi connectivity index (χ4n) is 11.2. The maximum atomic E-state index is 15.4. The third-order valence-electron chi connectivity index (χ3n) is 14.8. The number of rotatable bonds is 27. The van der Waals surface area contributed by atoms with E-state index in [2.05, 4.69) is 51.6 Å². The molecule has 6 atom stereocenters. The SMILES string of the molecule is C=CCO[C@@]12Oc3ccc(Oc4ccc(C)c(C)c4)cc3[C@H]3[C@H](CCCCO)[C@@H](CCCCO)C=C(C(=NOC(C)(C)C)C[C@@H]1N(Cc1ccc4c(c1)OCO4)C(=O)CCCCCCCCCCC)[C@H]32. The number of aliphatic hydroxyl groups is 2. The number of benzene rings is 3. The summed E-state index contributed by atoms with van der Waals surface area (Å²) in [5.74, 6) is 1.67. The zero-order valence-corrected chi connectivity index (χ0v) is 43.1. The molecule has 0 bridgehead atoms. The minimum atomic E-state index is -1.38. The molecule has 2 heterocycles. The predicted molar refractivity (Wildman–Crippen MR) is 277 cm³/mol. The van der Waals surface area contributed by atoms with E-state index in [4.69, 9.17) is 33.7 Å². The molecule has 11 nitrogen and oxygen atoms in total. The third kappa shape index (κ3) is 13.0. The molecule has 0 spiro atoms. The Morgan fingerprint density at radius 3 is 2.23 bits per heavy atom. The van der Waals surface area contributed by atoms with Crippen LogP contribution in [-0.4, -0.2) is 70.8 Å². The second-order valence-electron chi connectivity index (χ2n) is 21.1. The molecular weight excluding hydrogens is 881 g/mol. The van der Waals surface area contributed by atoms with E-state index in [1.165, 1.54) is 44.1 Å². The van der Waals surface area contributed by atoms with E-state index >= 15 is 4.79 Å². The van der Waals surface area contributed by atoms with Gasteiger partial charge in [-0.05, 0) is 143 Å². The quantitative estimate of drug-likeness (QED) is 0.0436. The van der Waals surface area contributed by atoms with Crippen molar-refractivity contribution >= 4 is 11.6 Å². The average molecular weight is 963 g/mol. The Bertz CT molecular complexity index is 2270. The highest BCUT2D eigenvalue weighted by Crippen LogP contribution is 2.62. The van der Waals surface area contributed by atoms with Gasteiger partial charge >= 0.3 is 0 Å². The highest BCUT2D eigenvalue weighted by atomic mass is 16.7. The lowest BCUT2D eigenvalue weighted by Crippen LogP contribution is -2.70. The van der Waals surface area contributed by atoms with Gasteiger partial charge in [0.1, 0.15) is 28.9 Å². The molecule has 0 saturated heterocycles. The van der Waals surface area contributed by atoms with Crippen molar-refractivity contribution < 1.29 is 43.5 Å². The van der Waals surface area contributed by atoms with Gasteiger partial charge in [-0.1, -0.05) is 101 Å². The monoisotopic (exact) mass is 963 g/mol. The molecule has 11 heteroatoms. The minimum absolute atomic E-state index is 0.0241. The van der Waals surface area contributed by atoms with Crippen LogP contribution in [0.3, 0.4) is 0 Å². The van der Waals surface area contributed by atoms with Crippen LogP contribution in [0.1, 0.15) is 165 Å². The summed E-state index contributed by atoms with van der Waals surface area (Å²) in [5.41, 5.74) is 5.44. The Balaban J connectivity index is 1.38. The number of allylic oxidation sites excluding steroid dienone is 1. The van der Waals surface area contributed by atoms with Gasteiger partial charge < -0.3 is 43.6 Å². The van der Waals surface area contributed by atoms with E-state index in [0.29, 0.717) is 48.7 Å². The summed E-state index contributed by atoms with van der Waals surface area (Å²) < 4.78 is 33.1. The first-order chi connectivity index (χ1) is 33.9. The number of ether oxygens (including phenoxy) is 5. The molecule has 7 rings (SSSR count). The first-order valence-electron chi connectivity index (χ1n) is 26.6. The van der Waals surface area contributed by atoms with E-state index in [9.17, 15) is 10.2 Å². The first kappa shape index (κ1) is 53.0. The number of aryl methyl sites for hydroxylation is 2. The molecule has 1 saturated carbocycles. The molecule has 4 aliphatic rings. The molecule has 0 radical (unpaired) electrons. The van der Waals surface area contributed by atoms with Gasteiger partial charge in [0.15, 0.2) is 11.5 Å². The van der Waals surface area contributed by atoms with Crippen molar-refractivity contribution in [2.45, 2.75) is 181 Å². The first-order valence-corrected chi connectivity index (χ1v) is 26.6. The number of amides is 1. The Kier molecular flexibility index (Phi) is 18.9. The standard InChI is InChI=1S/C59H82N2O9/c1-8-10-11-12-13-14-15-16-17-24-55(64)61(39-43-26-29-52-53(35-43)66-40-65-52)54-38-50(60-70-58(5,6)7)48-36-44(22-18-20-31-62)47(23-19-21-32-63)56-49-37-46(68-45-27-25-41(3)42(4)34-45)28-30-51(49)69-59(54,57(48)56)67-33-9-2/h9,25-30,34-37,44,47,54,56-57,62-63H,2,8,10-24,31-33,38-40H2,1,3-7H3/t44-,47+,54-,56+,57+,59+/m0/s1. The number of unbranched alkanes of at least 4 members (excludes halogenated alkanes) is 10. The van der Waals surface area contributed by atoms with E-state index < -0.39 is 23.3 Å². The van der Waals surface area contributed by atoms with Gasteiger partial charge in [0.25, 0.3) is 0 Å². The number of carbonyl (C=O) groups is 1. The molecule has 0 aromatic heterocycles. The van der Waals surface area contributed by atoms with Crippen LogP contribution in [0.15, 0.2) is 84.1 Å². The van der Waals surface area contributed by atoms with Crippen molar-refractivity contribution in [3.8, 4) is 28.7 Å². The van der Waals surface area contributed by atoms with Crippen molar-refractivity contribution in [3.63, 3.8) is 0 Å². The average Bonchev–Trinajstić information content (AvgIpc) is 3.82. The number of oxime groups is 1. The highest BCUT2D eigenvalue weighted by molar-refractivity contribution is 6.03. The molecule has 2 aliphatic heterocycles. The van der Waals surface area contributed by atoms with Crippen LogP contribution in [0.2, 0.25) is 0 Å². The van der Waals surface area contributed by atoms with Gasteiger partial charge in [-0.25, -0.2) is 0 Å². The van der Waals surface area contributed by atoms with Crippen molar-refractivity contribution in [3.05, 3.63) is 101 Å². The van der Waals surface area contributed by atoms with E-state index in [0.717, 1.165) is 78.7 Å². The number of hydrogen-bond acceptors (Lipinski definition) is 10. The lowest BCUT2D eigenvalue weighted by molar-refractivity contribution is -0.258. The molecule has 0 unspecified atom stereocenters. The fraction of sp³-hybridized carbons (Fsp3) is 0.593. The summed E-state index contributed by atoms with van der Waals surface area (Å²) in [6, 6.07) is 17.6. The van der Waals surface area contributed by atoms with Crippen LogP contribution < -0.4 is 18.9 Å². The molecule has 70 heavy (non-hydrogen) atoms. The summed E-state index contributed by atoms with van der Waals surface area (Å²) in [6.07, 6.45) is 19.9. The normalized spacial score (nSPS) is 22.7. The second-order valence-corrected chi connectivity index (χ2v) is 21.1. The van der Waals surface area contributed by atoms with Crippen molar-refractivity contribution in [1.82, 2.24) is 4.90 Å². The molecule has 3 aromatic carbocycles. The third-order valence-corrected chi connectivity index (χ3v) is 14.8. The lowest BCUT2D eigenvalue weighted by Gasteiger charge is -2.60. The van der Waals surface area contributed by atoms with Gasteiger partial charge in [0, 0.05) is 44.1 Å². The Morgan fingerprint density at radius 2 is 1.51 bits per heavy atom. The molecule has 3 aromatic rings. The zero-order valence-electron chi connectivity index (χ0n) is 43.1. The van der Waals surface area contributed by atoms with Gasteiger partial charge in [0.2, 0.25) is 18.5 Å². The number of aliphatic hydroxyl groups excluding tert-OH is 2.